The summed E-state index contributed by atoms with van der Waals surface area (Å²) in [5, 5.41) is 0. The third-order valence-corrected chi connectivity index (χ3v) is 7.42. The summed E-state index contributed by atoms with van der Waals surface area (Å²) >= 11 is 0. The van der Waals surface area contributed by atoms with Gasteiger partial charge in [0.2, 0.25) is 0 Å². The summed E-state index contributed by atoms with van der Waals surface area (Å²) in [7, 11) is 1.66. The topological polar surface area (TPSA) is 61.8 Å². The van der Waals surface area contributed by atoms with E-state index in [9.17, 15) is 9.59 Å². The number of fused-ring (bicyclic) bond motifs is 5. The lowest BCUT2D eigenvalue weighted by molar-refractivity contribution is -0.142. The molecule has 0 aromatic heterocycles. The van der Waals surface area contributed by atoms with Crippen LogP contribution in [0.25, 0.3) is 5.57 Å². The molecule has 5 heteroatoms. The first-order valence-electron chi connectivity index (χ1n) is 12.1. The van der Waals surface area contributed by atoms with Crippen LogP contribution in [0.1, 0.15) is 74.1 Å². The number of carbonyl (C=O) groups is 2. The van der Waals surface area contributed by atoms with Crippen molar-refractivity contribution in [3.05, 3.63) is 40.1 Å². The fraction of sp³-hybridized carbons (Fsp3) is 0.630. The highest BCUT2D eigenvalue weighted by molar-refractivity contribution is 6.26. The summed E-state index contributed by atoms with van der Waals surface area (Å²) in [6.45, 7) is 8.67. The second kappa shape index (κ2) is 9.11. The standard InChI is InChI=1S/C27H36O5/c1-6-7-8-9-10-20(28)31-26-23(21-17(3)13-16(2)14-18(21)4)25(29)22-19-11-12-27(32-19,15-30-5)24(22)26/h13-14,19,22,24H,6-12,15H2,1-5H3/t19-,22-,24+,27-/m0/s1. The van der Waals surface area contributed by atoms with Gasteiger partial charge in [-0.15, -0.1) is 0 Å². The van der Waals surface area contributed by atoms with Gasteiger partial charge in [-0.05, 0) is 56.7 Å². The summed E-state index contributed by atoms with van der Waals surface area (Å²) in [5.41, 5.74) is 4.14. The molecule has 0 spiro atoms. The fourth-order valence-corrected chi connectivity index (χ4v) is 6.24. The maximum atomic E-state index is 13.8. The number of Topliss-reactive ketones (excluding diaryl/α,β-unsaturated/α-hetero) is 1. The van der Waals surface area contributed by atoms with Gasteiger partial charge >= 0.3 is 5.97 Å². The van der Waals surface area contributed by atoms with Gasteiger partial charge < -0.3 is 14.2 Å². The van der Waals surface area contributed by atoms with Crippen LogP contribution in [0.15, 0.2) is 17.9 Å². The van der Waals surface area contributed by atoms with Gasteiger partial charge in [0.15, 0.2) is 5.78 Å². The first-order chi connectivity index (χ1) is 15.3. The van der Waals surface area contributed by atoms with Crippen LogP contribution in [0.5, 0.6) is 0 Å². The number of allylic oxidation sites excluding steroid dienone is 1. The zero-order valence-electron chi connectivity index (χ0n) is 20.1. The molecule has 0 N–H and O–H groups in total. The Bertz CT molecular complexity index is 922. The molecule has 32 heavy (non-hydrogen) atoms. The van der Waals surface area contributed by atoms with E-state index in [4.69, 9.17) is 14.2 Å². The minimum absolute atomic E-state index is 0.0570. The molecule has 2 saturated heterocycles. The molecule has 1 aromatic rings. The van der Waals surface area contributed by atoms with E-state index in [2.05, 4.69) is 26.0 Å². The van der Waals surface area contributed by atoms with Crippen molar-refractivity contribution in [2.75, 3.05) is 13.7 Å². The fourth-order valence-electron chi connectivity index (χ4n) is 6.24. The van der Waals surface area contributed by atoms with E-state index in [0.717, 1.165) is 60.8 Å². The van der Waals surface area contributed by atoms with Crippen LogP contribution in [-0.2, 0) is 23.8 Å². The predicted molar refractivity (Wildman–Crippen MR) is 123 cm³/mol. The second-order valence-electron chi connectivity index (χ2n) is 9.86. The van der Waals surface area contributed by atoms with E-state index in [0.29, 0.717) is 24.4 Å². The quantitative estimate of drug-likeness (QED) is 0.389. The Kier molecular flexibility index (Phi) is 6.60. The maximum Gasteiger partial charge on any atom is 0.310 e. The van der Waals surface area contributed by atoms with Crippen molar-refractivity contribution in [3.63, 3.8) is 0 Å². The van der Waals surface area contributed by atoms with Crippen molar-refractivity contribution in [2.24, 2.45) is 11.8 Å². The van der Waals surface area contributed by atoms with Crippen LogP contribution in [0.3, 0.4) is 0 Å². The first kappa shape index (κ1) is 23.2. The molecule has 0 radical (unpaired) electrons. The Morgan fingerprint density at radius 1 is 1.16 bits per heavy atom. The van der Waals surface area contributed by atoms with E-state index >= 15 is 0 Å². The lowest BCUT2D eigenvalue weighted by atomic mass is 9.73. The molecule has 3 aliphatic rings. The Hall–Kier alpha value is -1.98. The Morgan fingerprint density at radius 2 is 1.88 bits per heavy atom. The van der Waals surface area contributed by atoms with Crippen molar-refractivity contribution in [1.29, 1.82) is 0 Å². The van der Waals surface area contributed by atoms with Crippen LogP contribution in [-0.4, -0.2) is 37.2 Å². The molecule has 1 aliphatic carbocycles. The predicted octanol–water partition coefficient (Wildman–Crippen LogP) is 5.23. The highest BCUT2D eigenvalue weighted by Gasteiger charge is 2.67. The molecule has 2 heterocycles. The average Bonchev–Trinajstić information content (AvgIpc) is 3.36. The molecule has 2 bridgehead atoms. The Morgan fingerprint density at radius 3 is 2.53 bits per heavy atom. The number of ketones is 1. The lowest BCUT2D eigenvalue weighted by Crippen LogP contribution is -2.42. The Labute approximate surface area is 191 Å². The number of benzene rings is 1. The number of hydrogen-bond donors (Lipinski definition) is 0. The third kappa shape index (κ3) is 3.84. The van der Waals surface area contributed by atoms with E-state index in [-0.39, 0.29) is 29.7 Å². The van der Waals surface area contributed by atoms with Crippen LogP contribution in [0.4, 0.5) is 0 Å². The molecule has 4 atom stereocenters. The maximum absolute atomic E-state index is 13.8. The normalized spacial score (nSPS) is 28.5. The second-order valence-corrected chi connectivity index (χ2v) is 9.86. The zero-order chi connectivity index (χ0) is 23.0. The highest BCUT2D eigenvalue weighted by Crippen LogP contribution is 2.60. The van der Waals surface area contributed by atoms with Crippen molar-refractivity contribution in [1.82, 2.24) is 0 Å². The van der Waals surface area contributed by atoms with E-state index < -0.39 is 5.60 Å². The largest absolute Gasteiger partial charge is 0.430 e. The number of hydrogen-bond acceptors (Lipinski definition) is 5. The van der Waals surface area contributed by atoms with E-state index in [1.165, 1.54) is 0 Å². The number of methoxy groups -OCH3 is 1. The van der Waals surface area contributed by atoms with Crippen LogP contribution in [0, 0.1) is 32.6 Å². The van der Waals surface area contributed by atoms with Crippen molar-refractivity contribution < 1.29 is 23.8 Å². The van der Waals surface area contributed by atoms with E-state index in [1.54, 1.807) is 7.11 Å². The van der Waals surface area contributed by atoms with Gasteiger partial charge in [-0.2, -0.15) is 0 Å². The van der Waals surface area contributed by atoms with Gasteiger partial charge in [0.25, 0.3) is 0 Å². The molecule has 5 nitrogen and oxygen atoms in total. The lowest BCUT2D eigenvalue weighted by Gasteiger charge is -2.33. The molecule has 2 aliphatic heterocycles. The van der Waals surface area contributed by atoms with Gasteiger partial charge in [-0.25, -0.2) is 0 Å². The highest BCUT2D eigenvalue weighted by atomic mass is 16.6. The van der Waals surface area contributed by atoms with Crippen molar-refractivity contribution in [2.45, 2.75) is 84.3 Å². The molecule has 2 fully saturated rings. The molecular weight excluding hydrogens is 404 g/mol. The minimum atomic E-state index is -0.591. The van der Waals surface area contributed by atoms with Gasteiger partial charge in [-0.1, -0.05) is 43.9 Å². The van der Waals surface area contributed by atoms with E-state index in [1.807, 2.05) is 13.8 Å². The molecular formula is C27H36O5. The van der Waals surface area contributed by atoms with Crippen molar-refractivity contribution in [3.8, 4) is 0 Å². The summed E-state index contributed by atoms with van der Waals surface area (Å²) in [6.07, 6.45) is 5.94. The smallest absolute Gasteiger partial charge is 0.310 e. The number of ether oxygens (including phenoxy) is 3. The van der Waals surface area contributed by atoms with Gasteiger partial charge in [0, 0.05) is 13.5 Å². The summed E-state index contributed by atoms with van der Waals surface area (Å²) < 4.78 is 18.0. The number of carbonyl (C=O) groups excluding carboxylic acids is 2. The summed E-state index contributed by atoms with van der Waals surface area (Å²) in [4.78, 5) is 26.7. The average molecular weight is 441 g/mol. The molecule has 4 rings (SSSR count). The summed E-state index contributed by atoms with van der Waals surface area (Å²) in [6, 6.07) is 4.19. The first-order valence-corrected chi connectivity index (χ1v) is 12.1. The zero-order valence-corrected chi connectivity index (χ0v) is 20.1. The SMILES string of the molecule is CCCCCCC(=O)OC1=C(c2c(C)cc(C)cc2C)C(=O)[C@H]2[C@@H]3CC[C@@](COC)(O3)[C@@H]12. The third-order valence-electron chi connectivity index (χ3n) is 7.42. The van der Waals surface area contributed by atoms with Crippen LogP contribution < -0.4 is 0 Å². The Balaban J connectivity index is 1.76. The van der Waals surface area contributed by atoms with Gasteiger partial charge in [0.05, 0.1) is 30.1 Å². The van der Waals surface area contributed by atoms with Crippen LogP contribution in [0.2, 0.25) is 0 Å². The summed E-state index contributed by atoms with van der Waals surface area (Å²) in [5.74, 6) is -0.226. The monoisotopic (exact) mass is 440 g/mol. The van der Waals surface area contributed by atoms with Gasteiger partial charge in [-0.3, -0.25) is 9.59 Å². The number of aryl methyl sites for hydroxylation is 3. The minimum Gasteiger partial charge on any atom is -0.430 e. The molecule has 0 saturated carbocycles. The van der Waals surface area contributed by atoms with Gasteiger partial charge in [0.1, 0.15) is 11.4 Å². The van der Waals surface area contributed by atoms with Crippen LogP contribution >= 0.6 is 0 Å². The molecule has 0 amide bonds. The number of unbranched alkanes of at least 4 members (excludes halogenated alkanes) is 3. The molecule has 174 valence electrons. The molecule has 1 aromatic carbocycles. The van der Waals surface area contributed by atoms with Crippen molar-refractivity contribution >= 4 is 17.3 Å². The number of rotatable bonds is 9. The number of esters is 1. The molecule has 0 unspecified atom stereocenters.